The third kappa shape index (κ3) is 3.03. The Labute approximate surface area is 91.6 Å². The van der Waals surface area contributed by atoms with Crippen LogP contribution in [-0.4, -0.2) is 5.88 Å². The molecule has 1 aromatic carbocycles. The van der Waals surface area contributed by atoms with E-state index in [0.29, 0.717) is 17.9 Å². The van der Waals surface area contributed by atoms with Gasteiger partial charge in [0, 0.05) is 5.88 Å². The van der Waals surface area contributed by atoms with Crippen LogP contribution in [0.15, 0.2) is 18.2 Å². The van der Waals surface area contributed by atoms with Crippen molar-refractivity contribution in [2.75, 3.05) is 5.88 Å². The van der Waals surface area contributed by atoms with Gasteiger partial charge in [-0.1, -0.05) is 12.2 Å². The number of hydrogen-bond donors (Lipinski definition) is 0. The van der Waals surface area contributed by atoms with Crippen LogP contribution in [0, 0.1) is 23.0 Å². The molecule has 0 heterocycles. The van der Waals surface area contributed by atoms with Crippen molar-refractivity contribution in [2.24, 2.45) is 0 Å². The van der Waals surface area contributed by atoms with E-state index < -0.39 is 11.6 Å². The molecule has 1 aromatic rings. The first-order valence-corrected chi connectivity index (χ1v) is 4.84. The van der Waals surface area contributed by atoms with Gasteiger partial charge in [-0.25, -0.2) is 8.78 Å². The van der Waals surface area contributed by atoms with E-state index in [-0.39, 0.29) is 5.56 Å². The van der Waals surface area contributed by atoms with Crippen molar-refractivity contribution in [3.63, 3.8) is 0 Å². The minimum Gasteiger partial charge on any atom is -0.204 e. The van der Waals surface area contributed by atoms with Gasteiger partial charge >= 0.3 is 0 Å². The van der Waals surface area contributed by atoms with Crippen molar-refractivity contribution in [3.8, 4) is 6.07 Å². The fraction of sp³-hybridized carbons (Fsp3) is 0.182. The number of halogens is 3. The zero-order valence-corrected chi connectivity index (χ0v) is 8.56. The maximum Gasteiger partial charge on any atom is 0.160 e. The van der Waals surface area contributed by atoms with Crippen LogP contribution in [0.2, 0.25) is 0 Å². The first-order valence-electron chi connectivity index (χ1n) is 4.30. The topological polar surface area (TPSA) is 23.8 Å². The van der Waals surface area contributed by atoms with Crippen LogP contribution in [0.25, 0.3) is 6.08 Å². The molecule has 0 saturated carbocycles. The Kier molecular flexibility index (Phi) is 4.26. The summed E-state index contributed by atoms with van der Waals surface area (Å²) in [7, 11) is 0. The number of alkyl halides is 1. The Morgan fingerprint density at radius 3 is 2.60 bits per heavy atom. The number of hydrogen-bond acceptors (Lipinski definition) is 1. The van der Waals surface area contributed by atoms with E-state index in [1.165, 1.54) is 0 Å². The molecule has 0 saturated heterocycles. The molecule has 0 bridgehead atoms. The number of nitrogens with zero attached hydrogens (tertiary/aromatic N) is 1. The fourth-order valence-corrected chi connectivity index (χ4v) is 1.20. The Hall–Kier alpha value is -1.40. The van der Waals surface area contributed by atoms with Crippen LogP contribution in [-0.2, 0) is 0 Å². The van der Waals surface area contributed by atoms with Gasteiger partial charge in [0.1, 0.15) is 0 Å². The lowest BCUT2D eigenvalue weighted by atomic mass is 10.1. The van der Waals surface area contributed by atoms with Gasteiger partial charge in [0.05, 0.1) is 11.6 Å². The minimum atomic E-state index is -1.01. The van der Waals surface area contributed by atoms with Gasteiger partial charge in [0.15, 0.2) is 11.6 Å². The summed E-state index contributed by atoms with van der Waals surface area (Å²) in [5, 5.41) is 8.69. The molecule has 1 rings (SSSR count). The lowest BCUT2D eigenvalue weighted by Crippen LogP contribution is -1.90. The fourth-order valence-electron chi connectivity index (χ4n) is 1.07. The summed E-state index contributed by atoms with van der Waals surface area (Å²) in [6.45, 7) is 0. The van der Waals surface area contributed by atoms with Crippen LogP contribution < -0.4 is 0 Å². The van der Waals surface area contributed by atoms with Gasteiger partial charge in [-0.15, -0.1) is 11.6 Å². The molecule has 0 aliphatic heterocycles. The highest BCUT2D eigenvalue weighted by Gasteiger charge is 2.06. The van der Waals surface area contributed by atoms with Crippen molar-refractivity contribution in [1.29, 1.82) is 5.26 Å². The zero-order valence-electron chi connectivity index (χ0n) is 7.80. The summed E-state index contributed by atoms with van der Waals surface area (Å²) < 4.78 is 25.6. The maximum atomic E-state index is 12.9. The molecule has 1 nitrogen and oxygen atoms in total. The normalized spacial score (nSPS) is 10.5. The third-order valence-electron chi connectivity index (χ3n) is 1.79. The molecule has 0 amide bonds. The molecule has 0 N–H and O–H groups in total. The second-order valence-electron chi connectivity index (χ2n) is 2.85. The average molecular weight is 228 g/mol. The van der Waals surface area contributed by atoms with E-state index in [1.807, 2.05) is 0 Å². The molecule has 15 heavy (non-hydrogen) atoms. The average Bonchev–Trinajstić information content (AvgIpc) is 2.23. The summed E-state index contributed by atoms with van der Waals surface area (Å²) in [5.74, 6) is -1.53. The van der Waals surface area contributed by atoms with Gasteiger partial charge in [-0.3, -0.25) is 0 Å². The van der Waals surface area contributed by atoms with Gasteiger partial charge in [-0.05, 0) is 24.1 Å². The third-order valence-corrected chi connectivity index (χ3v) is 2.00. The first kappa shape index (κ1) is 11.7. The highest BCUT2D eigenvalue weighted by atomic mass is 35.5. The molecule has 4 heteroatoms. The van der Waals surface area contributed by atoms with Crippen molar-refractivity contribution in [2.45, 2.75) is 6.42 Å². The second kappa shape index (κ2) is 5.47. The van der Waals surface area contributed by atoms with Crippen molar-refractivity contribution >= 4 is 17.7 Å². The van der Waals surface area contributed by atoms with Crippen LogP contribution in [0.5, 0.6) is 0 Å². The molecule has 0 atom stereocenters. The number of benzene rings is 1. The quantitative estimate of drug-likeness (QED) is 0.726. The lowest BCUT2D eigenvalue weighted by molar-refractivity contribution is 0.508. The number of nitriles is 1. The Balaban J connectivity index is 3.06. The molecule has 0 unspecified atom stereocenters. The van der Waals surface area contributed by atoms with E-state index in [9.17, 15) is 8.78 Å². The summed E-state index contributed by atoms with van der Waals surface area (Å²) in [6.07, 6.45) is 3.88. The monoisotopic (exact) mass is 227 g/mol. The van der Waals surface area contributed by atoms with Crippen molar-refractivity contribution < 1.29 is 8.78 Å². The number of allylic oxidation sites excluding steroid dienone is 1. The van der Waals surface area contributed by atoms with Gasteiger partial charge in [0.25, 0.3) is 0 Å². The first-order chi connectivity index (χ1) is 7.19. The molecule has 0 aromatic heterocycles. The summed E-state index contributed by atoms with van der Waals surface area (Å²) >= 11 is 5.45. The Bertz CT molecular complexity index is 421. The standard InChI is InChI=1S/C11H8ClF2N/c12-4-2-1-3-8-5-10(13)11(14)6-9(8)7-15/h1,3,5-6H,2,4H2. The van der Waals surface area contributed by atoms with E-state index in [1.54, 1.807) is 18.2 Å². The molecular weight excluding hydrogens is 220 g/mol. The van der Waals surface area contributed by atoms with E-state index in [4.69, 9.17) is 16.9 Å². The number of rotatable bonds is 3. The van der Waals surface area contributed by atoms with Gasteiger partial charge in [0.2, 0.25) is 0 Å². The van der Waals surface area contributed by atoms with Crippen LogP contribution in [0.1, 0.15) is 17.5 Å². The Morgan fingerprint density at radius 2 is 2.00 bits per heavy atom. The highest BCUT2D eigenvalue weighted by molar-refractivity contribution is 6.17. The molecule has 0 spiro atoms. The summed E-state index contributed by atoms with van der Waals surface area (Å²) in [6, 6.07) is 3.68. The SMILES string of the molecule is N#Cc1cc(F)c(F)cc1C=CCCCl. The predicted octanol–water partition coefficient (Wildman–Crippen LogP) is 3.48. The summed E-state index contributed by atoms with van der Waals surface area (Å²) in [4.78, 5) is 0. The van der Waals surface area contributed by atoms with E-state index in [2.05, 4.69) is 0 Å². The van der Waals surface area contributed by atoms with E-state index in [0.717, 1.165) is 12.1 Å². The van der Waals surface area contributed by atoms with E-state index >= 15 is 0 Å². The van der Waals surface area contributed by atoms with Crippen LogP contribution in [0.3, 0.4) is 0 Å². The summed E-state index contributed by atoms with van der Waals surface area (Å²) in [5.41, 5.74) is 0.473. The van der Waals surface area contributed by atoms with Gasteiger partial charge < -0.3 is 0 Å². The largest absolute Gasteiger partial charge is 0.204 e. The van der Waals surface area contributed by atoms with Gasteiger partial charge in [-0.2, -0.15) is 5.26 Å². The zero-order chi connectivity index (χ0) is 11.3. The highest BCUT2D eigenvalue weighted by Crippen LogP contribution is 2.16. The van der Waals surface area contributed by atoms with Crippen LogP contribution >= 0.6 is 11.6 Å². The molecule has 0 aliphatic carbocycles. The smallest absolute Gasteiger partial charge is 0.160 e. The van der Waals surface area contributed by atoms with Crippen molar-refractivity contribution in [3.05, 3.63) is 41.0 Å². The molecule has 0 radical (unpaired) electrons. The molecule has 0 fully saturated rings. The second-order valence-corrected chi connectivity index (χ2v) is 3.22. The molecule has 0 aliphatic rings. The lowest BCUT2D eigenvalue weighted by Gasteiger charge is -1.99. The maximum absolute atomic E-state index is 12.9. The van der Waals surface area contributed by atoms with Crippen molar-refractivity contribution in [1.82, 2.24) is 0 Å². The molecular formula is C11H8ClF2N. The molecule has 78 valence electrons. The van der Waals surface area contributed by atoms with Crippen LogP contribution in [0.4, 0.5) is 8.78 Å². The minimum absolute atomic E-state index is 0.111. The predicted molar refractivity (Wildman–Crippen MR) is 55.4 cm³/mol. The Morgan fingerprint density at radius 1 is 1.33 bits per heavy atom.